The van der Waals surface area contributed by atoms with Gasteiger partial charge in [-0.1, -0.05) is 38.1 Å². The predicted molar refractivity (Wildman–Crippen MR) is 112 cm³/mol. The van der Waals surface area contributed by atoms with Crippen LogP contribution in [0.15, 0.2) is 57.9 Å². The molecule has 2 N–H and O–H groups in total. The summed E-state index contributed by atoms with van der Waals surface area (Å²) in [7, 11) is -3.75. The fraction of sp³-hybridized carbons (Fsp3) is 0.286. The van der Waals surface area contributed by atoms with E-state index in [2.05, 4.69) is 48.1 Å². The highest BCUT2D eigenvalue weighted by molar-refractivity contribution is 7.92. The quantitative estimate of drug-likeness (QED) is 0.621. The van der Waals surface area contributed by atoms with Gasteiger partial charge in [-0.15, -0.1) is 0 Å². The van der Waals surface area contributed by atoms with Crippen LogP contribution in [0.5, 0.6) is 0 Å². The minimum absolute atomic E-state index is 0.0774. The zero-order valence-corrected chi connectivity index (χ0v) is 17.5. The lowest BCUT2D eigenvalue weighted by molar-refractivity contribution is 0.390. The second kappa shape index (κ2) is 7.31. The molecule has 0 saturated carbocycles. The van der Waals surface area contributed by atoms with Gasteiger partial charge in [0.1, 0.15) is 5.69 Å². The van der Waals surface area contributed by atoms with Gasteiger partial charge >= 0.3 is 0 Å². The first-order valence-corrected chi connectivity index (χ1v) is 10.5. The molecule has 0 spiro atoms. The molecule has 7 heteroatoms. The smallest absolute Gasteiger partial charge is 0.267 e. The van der Waals surface area contributed by atoms with E-state index in [0.717, 1.165) is 11.4 Å². The molecule has 0 unspecified atom stereocenters. The summed E-state index contributed by atoms with van der Waals surface area (Å²) >= 11 is 0. The molecule has 0 bridgehead atoms. The Labute approximate surface area is 166 Å². The van der Waals surface area contributed by atoms with Crippen LogP contribution in [0.4, 0.5) is 17.1 Å². The van der Waals surface area contributed by atoms with E-state index in [1.807, 2.05) is 24.3 Å². The van der Waals surface area contributed by atoms with Crippen molar-refractivity contribution in [3.63, 3.8) is 0 Å². The fourth-order valence-electron chi connectivity index (χ4n) is 2.91. The van der Waals surface area contributed by atoms with Gasteiger partial charge in [-0.3, -0.25) is 4.72 Å². The van der Waals surface area contributed by atoms with Crippen LogP contribution in [0.2, 0.25) is 0 Å². The fourth-order valence-corrected chi connectivity index (χ4v) is 4.30. The second-order valence-electron chi connectivity index (χ2n) is 7.79. The number of sulfonamides is 1. The summed E-state index contributed by atoms with van der Waals surface area (Å²) in [6.45, 7) is 9.71. The van der Waals surface area contributed by atoms with Gasteiger partial charge in [0.15, 0.2) is 10.7 Å². The van der Waals surface area contributed by atoms with Crippen LogP contribution in [-0.2, 0) is 15.4 Å². The highest BCUT2D eigenvalue weighted by Gasteiger charge is 2.24. The van der Waals surface area contributed by atoms with E-state index in [1.165, 1.54) is 5.56 Å². The number of anilines is 3. The Bertz CT molecular complexity index is 1040. The molecular weight excluding hydrogens is 374 g/mol. The first-order valence-electron chi connectivity index (χ1n) is 8.99. The van der Waals surface area contributed by atoms with Crippen molar-refractivity contribution in [2.45, 2.75) is 44.9 Å². The van der Waals surface area contributed by atoms with Crippen molar-refractivity contribution in [3.8, 4) is 0 Å². The molecule has 0 radical (unpaired) electrons. The number of hydrogen-bond acceptors (Lipinski definition) is 5. The maximum absolute atomic E-state index is 12.6. The van der Waals surface area contributed by atoms with Crippen molar-refractivity contribution in [2.24, 2.45) is 0 Å². The first-order chi connectivity index (χ1) is 13.1. The van der Waals surface area contributed by atoms with Crippen molar-refractivity contribution >= 4 is 27.1 Å². The Hall–Kier alpha value is -2.80. The number of benzene rings is 2. The summed E-state index contributed by atoms with van der Waals surface area (Å²) < 4.78 is 32.6. The minimum Gasteiger partial charge on any atom is -0.360 e. The zero-order valence-electron chi connectivity index (χ0n) is 16.7. The lowest BCUT2D eigenvalue weighted by Gasteiger charge is -2.19. The van der Waals surface area contributed by atoms with Crippen LogP contribution in [0.25, 0.3) is 0 Å². The van der Waals surface area contributed by atoms with Gasteiger partial charge in [0, 0.05) is 17.1 Å². The zero-order chi connectivity index (χ0) is 20.5. The molecule has 148 valence electrons. The molecule has 0 fully saturated rings. The maximum Gasteiger partial charge on any atom is 0.267 e. The topological polar surface area (TPSA) is 84.2 Å². The molecule has 28 heavy (non-hydrogen) atoms. The molecule has 3 aromatic rings. The largest absolute Gasteiger partial charge is 0.360 e. The molecule has 1 heterocycles. The normalized spacial score (nSPS) is 12.0. The summed E-state index contributed by atoms with van der Waals surface area (Å²) in [6, 6.07) is 15.3. The van der Waals surface area contributed by atoms with E-state index in [-0.39, 0.29) is 16.1 Å². The van der Waals surface area contributed by atoms with Crippen LogP contribution >= 0.6 is 0 Å². The highest BCUT2D eigenvalue weighted by atomic mass is 32.2. The number of hydrogen-bond donors (Lipinski definition) is 2. The second-order valence-corrected chi connectivity index (χ2v) is 9.41. The Morgan fingerprint density at radius 1 is 0.857 bits per heavy atom. The van der Waals surface area contributed by atoms with Gasteiger partial charge < -0.3 is 9.84 Å². The predicted octanol–water partition coefficient (Wildman–Crippen LogP) is 5.13. The van der Waals surface area contributed by atoms with E-state index >= 15 is 0 Å². The van der Waals surface area contributed by atoms with Gasteiger partial charge in [0.2, 0.25) is 0 Å². The average molecular weight is 400 g/mol. The van der Waals surface area contributed by atoms with Crippen LogP contribution in [0.3, 0.4) is 0 Å². The minimum atomic E-state index is -3.75. The van der Waals surface area contributed by atoms with Crippen molar-refractivity contribution in [3.05, 3.63) is 65.5 Å². The van der Waals surface area contributed by atoms with Gasteiger partial charge in [0.25, 0.3) is 10.0 Å². The molecule has 3 rings (SSSR count). The summed E-state index contributed by atoms with van der Waals surface area (Å²) in [5.41, 5.74) is 4.01. The molecule has 0 saturated heterocycles. The lowest BCUT2D eigenvalue weighted by Crippen LogP contribution is -2.14. The van der Waals surface area contributed by atoms with Gasteiger partial charge in [-0.25, -0.2) is 8.42 Å². The summed E-state index contributed by atoms with van der Waals surface area (Å²) in [5, 5.41) is 7.02. The van der Waals surface area contributed by atoms with Crippen molar-refractivity contribution in [2.75, 3.05) is 10.0 Å². The Balaban J connectivity index is 1.72. The van der Waals surface area contributed by atoms with E-state index < -0.39 is 10.0 Å². The standard InChI is InChI=1S/C21H25N3O3S/c1-14-20(15(2)27-23-14)28(25,26)24-19-12-10-18(11-13-19)22-17-8-6-16(7-9-17)21(3,4)5/h6-13,22,24H,1-5H3. The molecule has 0 aliphatic carbocycles. The molecule has 0 aliphatic heterocycles. The molecule has 0 atom stereocenters. The molecule has 1 aromatic heterocycles. The lowest BCUT2D eigenvalue weighted by atomic mass is 9.87. The monoisotopic (exact) mass is 399 g/mol. The Kier molecular flexibility index (Phi) is 5.21. The van der Waals surface area contributed by atoms with E-state index in [9.17, 15) is 8.42 Å². The Morgan fingerprint density at radius 3 is 1.82 bits per heavy atom. The van der Waals surface area contributed by atoms with Crippen molar-refractivity contribution < 1.29 is 12.9 Å². The number of aromatic nitrogens is 1. The third kappa shape index (κ3) is 4.36. The SMILES string of the molecule is Cc1noc(C)c1S(=O)(=O)Nc1ccc(Nc2ccc(C(C)(C)C)cc2)cc1. The van der Waals surface area contributed by atoms with Gasteiger partial charge in [-0.05, 0) is 61.2 Å². The van der Waals surface area contributed by atoms with Crippen LogP contribution < -0.4 is 10.0 Å². The van der Waals surface area contributed by atoms with Crippen molar-refractivity contribution in [1.29, 1.82) is 0 Å². The maximum atomic E-state index is 12.6. The van der Waals surface area contributed by atoms with E-state index in [1.54, 1.807) is 26.0 Å². The Morgan fingerprint density at radius 2 is 1.36 bits per heavy atom. The molecule has 0 amide bonds. The summed E-state index contributed by atoms with van der Waals surface area (Å²) in [5.74, 6) is 0.266. The molecule has 2 aromatic carbocycles. The van der Waals surface area contributed by atoms with E-state index in [4.69, 9.17) is 4.52 Å². The summed E-state index contributed by atoms with van der Waals surface area (Å²) in [4.78, 5) is 0.0774. The third-order valence-corrected chi connectivity index (χ3v) is 6.04. The molecule has 0 aliphatic rings. The van der Waals surface area contributed by atoms with Crippen LogP contribution in [0.1, 0.15) is 37.8 Å². The number of nitrogens with zero attached hydrogens (tertiary/aromatic N) is 1. The van der Waals surface area contributed by atoms with E-state index in [0.29, 0.717) is 11.4 Å². The number of nitrogens with one attached hydrogen (secondary N) is 2. The molecular formula is C21H25N3O3S. The number of rotatable bonds is 5. The van der Waals surface area contributed by atoms with Crippen molar-refractivity contribution in [1.82, 2.24) is 5.16 Å². The summed E-state index contributed by atoms with van der Waals surface area (Å²) in [6.07, 6.45) is 0. The van der Waals surface area contributed by atoms with Crippen LogP contribution in [-0.4, -0.2) is 13.6 Å². The first kappa shape index (κ1) is 19.9. The number of aryl methyl sites for hydroxylation is 2. The highest BCUT2D eigenvalue weighted by Crippen LogP contribution is 2.26. The third-order valence-electron chi connectivity index (χ3n) is 4.41. The van der Waals surface area contributed by atoms with Crippen LogP contribution in [0, 0.1) is 13.8 Å². The van der Waals surface area contributed by atoms with Gasteiger partial charge in [0.05, 0.1) is 0 Å². The molecule has 6 nitrogen and oxygen atoms in total. The average Bonchev–Trinajstić information content (AvgIpc) is 2.95. The van der Waals surface area contributed by atoms with Gasteiger partial charge in [-0.2, -0.15) is 0 Å².